The zero-order valence-corrected chi connectivity index (χ0v) is 20.1. The highest BCUT2D eigenvalue weighted by molar-refractivity contribution is 6.08. The van der Waals surface area contributed by atoms with Crippen molar-refractivity contribution in [3.63, 3.8) is 0 Å². The summed E-state index contributed by atoms with van der Waals surface area (Å²) in [5.74, 6) is 0.271. The standard InChI is InChI=1S/C28H32F2N4O/c1-17-9-18(11-21(31)10-17)23-6-7-32-14-19(23)12-27(35)24-4-5-26(30)25-13-22(15-33-28(24)25)34-8-2-3-20(29)16-34/h4-7,13-15,17-18,20-21H,2-3,8-12,16,31H2,1H3/t17-,18+,20+,21-/m0/s1. The van der Waals surface area contributed by atoms with Crippen LogP contribution in [0.1, 0.15) is 66.4 Å². The van der Waals surface area contributed by atoms with Crippen LogP contribution in [0.5, 0.6) is 0 Å². The van der Waals surface area contributed by atoms with Crippen LogP contribution in [0, 0.1) is 11.7 Å². The Bertz CT molecular complexity index is 1220. The molecule has 5 rings (SSSR count). The Balaban J connectivity index is 1.43. The van der Waals surface area contributed by atoms with E-state index in [0.29, 0.717) is 41.6 Å². The number of hydrogen-bond acceptors (Lipinski definition) is 5. The van der Waals surface area contributed by atoms with Gasteiger partial charge in [0.1, 0.15) is 12.0 Å². The van der Waals surface area contributed by atoms with Gasteiger partial charge in [-0.1, -0.05) is 6.92 Å². The van der Waals surface area contributed by atoms with Gasteiger partial charge in [-0.05, 0) is 79.3 Å². The average molecular weight is 479 g/mol. The molecule has 0 amide bonds. The second kappa shape index (κ2) is 9.97. The predicted octanol–water partition coefficient (Wildman–Crippen LogP) is 5.36. The first-order valence-corrected chi connectivity index (χ1v) is 12.6. The Morgan fingerprint density at radius 1 is 1.20 bits per heavy atom. The van der Waals surface area contributed by atoms with Gasteiger partial charge in [0.2, 0.25) is 0 Å². The van der Waals surface area contributed by atoms with E-state index in [0.717, 1.165) is 36.8 Å². The number of anilines is 1. The summed E-state index contributed by atoms with van der Waals surface area (Å²) in [4.78, 5) is 24.1. The van der Waals surface area contributed by atoms with Gasteiger partial charge >= 0.3 is 0 Å². The van der Waals surface area contributed by atoms with Crippen molar-refractivity contribution in [3.8, 4) is 0 Å². The van der Waals surface area contributed by atoms with Crippen LogP contribution >= 0.6 is 0 Å². The molecular weight excluding hydrogens is 446 g/mol. The van der Waals surface area contributed by atoms with Crippen molar-refractivity contribution in [1.29, 1.82) is 0 Å². The molecule has 0 bridgehead atoms. The van der Waals surface area contributed by atoms with Crippen molar-refractivity contribution in [1.82, 2.24) is 9.97 Å². The van der Waals surface area contributed by atoms with Crippen LogP contribution in [0.15, 0.2) is 42.9 Å². The number of aromatic nitrogens is 2. The average Bonchev–Trinajstić information content (AvgIpc) is 2.84. The molecular formula is C28H32F2N4O. The van der Waals surface area contributed by atoms with Gasteiger partial charge in [-0.25, -0.2) is 8.78 Å². The zero-order chi connectivity index (χ0) is 24.5. The molecule has 0 unspecified atom stereocenters. The summed E-state index contributed by atoms with van der Waals surface area (Å²) in [6.45, 7) is 3.21. The van der Waals surface area contributed by atoms with Gasteiger partial charge in [-0.15, -0.1) is 0 Å². The first kappa shape index (κ1) is 23.8. The molecule has 35 heavy (non-hydrogen) atoms. The maximum absolute atomic E-state index is 14.8. The number of rotatable bonds is 5. The molecule has 2 aliphatic rings. The van der Waals surface area contributed by atoms with Gasteiger partial charge in [0, 0.05) is 48.9 Å². The van der Waals surface area contributed by atoms with E-state index in [2.05, 4.69) is 16.9 Å². The predicted molar refractivity (Wildman–Crippen MR) is 134 cm³/mol. The van der Waals surface area contributed by atoms with E-state index < -0.39 is 12.0 Å². The highest BCUT2D eigenvalue weighted by atomic mass is 19.1. The SMILES string of the molecule is C[C@@H]1C[C@H](N)C[C@H](c2ccncc2CC(=O)c2ccc(F)c3cc(N4CCC[C@@H](F)C4)cnc23)C1. The Morgan fingerprint density at radius 2 is 2.06 bits per heavy atom. The Labute approximate surface area is 204 Å². The number of nitrogens with zero attached hydrogens (tertiary/aromatic N) is 3. The molecule has 184 valence electrons. The van der Waals surface area contributed by atoms with Gasteiger partial charge in [0.15, 0.2) is 5.78 Å². The van der Waals surface area contributed by atoms with Gasteiger partial charge in [0.05, 0.1) is 17.4 Å². The summed E-state index contributed by atoms with van der Waals surface area (Å²) in [6, 6.07) is 6.68. The van der Waals surface area contributed by atoms with E-state index in [1.807, 2.05) is 11.0 Å². The van der Waals surface area contributed by atoms with Crippen LogP contribution in [-0.4, -0.2) is 41.1 Å². The number of nitrogens with two attached hydrogens (primary N) is 1. The molecule has 0 radical (unpaired) electrons. The molecule has 1 aromatic carbocycles. The van der Waals surface area contributed by atoms with E-state index in [1.165, 1.54) is 12.1 Å². The lowest BCUT2D eigenvalue weighted by atomic mass is 9.75. The molecule has 2 N–H and O–H groups in total. The van der Waals surface area contributed by atoms with Crippen LogP contribution in [0.25, 0.3) is 10.9 Å². The van der Waals surface area contributed by atoms with Crippen LogP contribution in [-0.2, 0) is 6.42 Å². The number of pyridine rings is 2. The fraction of sp³-hybridized carbons (Fsp3) is 0.464. The third kappa shape index (κ3) is 5.06. The fourth-order valence-electron chi connectivity index (χ4n) is 5.90. The number of carbonyl (C=O) groups is 1. The summed E-state index contributed by atoms with van der Waals surface area (Å²) in [7, 11) is 0. The second-order valence-corrected chi connectivity index (χ2v) is 10.3. The third-order valence-corrected chi connectivity index (χ3v) is 7.52. The summed E-state index contributed by atoms with van der Waals surface area (Å²) >= 11 is 0. The maximum atomic E-state index is 14.8. The lowest BCUT2D eigenvalue weighted by Gasteiger charge is -2.32. The number of Topliss-reactive ketones (excluding diaryl/α,β-unsaturated/α-hetero) is 1. The highest BCUT2D eigenvalue weighted by Gasteiger charge is 2.28. The number of ketones is 1. The minimum absolute atomic E-state index is 0.126. The molecule has 3 heterocycles. The monoisotopic (exact) mass is 478 g/mol. The summed E-state index contributed by atoms with van der Waals surface area (Å²) < 4.78 is 28.7. The molecule has 1 aliphatic heterocycles. The van der Waals surface area contributed by atoms with Crippen LogP contribution < -0.4 is 10.6 Å². The Kier molecular flexibility index (Phi) is 6.78. The fourth-order valence-corrected chi connectivity index (χ4v) is 5.90. The smallest absolute Gasteiger partial charge is 0.169 e. The molecule has 3 aromatic rings. The number of alkyl halides is 1. The van der Waals surface area contributed by atoms with E-state index in [4.69, 9.17) is 5.73 Å². The number of fused-ring (bicyclic) bond motifs is 1. The summed E-state index contributed by atoms with van der Waals surface area (Å²) in [5, 5.41) is 0.285. The van der Waals surface area contributed by atoms with Gasteiger partial charge in [0.25, 0.3) is 0 Å². The molecule has 2 aromatic heterocycles. The van der Waals surface area contributed by atoms with Crippen LogP contribution in [0.3, 0.4) is 0 Å². The molecule has 1 saturated carbocycles. The molecule has 4 atom stereocenters. The van der Waals surface area contributed by atoms with E-state index in [-0.39, 0.29) is 30.2 Å². The summed E-state index contributed by atoms with van der Waals surface area (Å²) in [6.07, 6.45) is 8.69. The zero-order valence-electron chi connectivity index (χ0n) is 20.1. The molecule has 1 saturated heterocycles. The molecule has 5 nitrogen and oxygen atoms in total. The lowest BCUT2D eigenvalue weighted by Crippen LogP contribution is -2.36. The largest absolute Gasteiger partial charge is 0.367 e. The first-order valence-electron chi connectivity index (χ1n) is 12.6. The highest BCUT2D eigenvalue weighted by Crippen LogP contribution is 2.37. The molecule has 2 fully saturated rings. The minimum atomic E-state index is -0.896. The van der Waals surface area contributed by atoms with Crippen molar-refractivity contribution < 1.29 is 13.6 Å². The quantitative estimate of drug-likeness (QED) is 0.500. The van der Waals surface area contributed by atoms with E-state index in [1.54, 1.807) is 24.7 Å². The molecule has 0 spiro atoms. The van der Waals surface area contributed by atoms with Crippen molar-refractivity contribution in [3.05, 3.63) is 65.4 Å². The number of carbonyl (C=O) groups excluding carboxylic acids is 1. The number of piperidine rings is 1. The number of benzene rings is 1. The summed E-state index contributed by atoms with van der Waals surface area (Å²) in [5.41, 5.74) is 9.72. The normalized spacial score (nSPS) is 25.1. The molecule has 7 heteroatoms. The Hall–Kier alpha value is -2.93. The lowest BCUT2D eigenvalue weighted by molar-refractivity contribution is 0.0994. The van der Waals surface area contributed by atoms with Crippen molar-refractivity contribution in [2.75, 3.05) is 18.0 Å². The van der Waals surface area contributed by atoms with E-state index >= 15 is 0 Å². The Morgan fingerprint density at radius 3 is 2.86 bits per heavy atom. The van der Waals surface area contributed by atoms with E-state index in [9.17, 15) is 13.6 Å². The van der Waals surface area contributed by atoms with Gasteiger partial charge < -0.3 is 10.6 Å². The molecule has 1 aliphatic carbocycles. The van der Waals surface area contributed by atoms with Gasteiger partial charge in [-0.3, -0.25) is 14.8 Å². The first-order chi connectivity index (χ1) is 16.9. The van der Waals surface area contributed by atoms with Crippen molar-refractivity contribution >= 4 is 22.4 Å². The van der Waals surface area contributed by atoms with Crippen LogP contribution in [0.2, 0.25) is 0 Å². The van der Waals surface area contributed by atoms with Crippen molar-refractivity contribution in [2.24, 2.45) is 11.7 Å². The second-order valence-electron chi connectivity index (χ2n) is 10.3. The van der Waals surface area contributed by atoms with Crippen molar-refractivity contribution in [2.45, 2.75) is 63.6 Å². The van der Waals surface area contributed by atoms with Crippen LogP contribution in [0.4, 0.5) is 14.5 Å². The maximum Gasteiger partial charge on any atom is 0.169 e. The third-order valence-electron chi connectivity index (χ3n) is 7.52. The topological polar surface area (TPSA) is 72.1 Å². The minimum Gasteiger partial charge on any atom is -0.367 e. The number of halogens is 2. The van der Waals surface area contributed by atoms with Gasteiger partial charge in [-0.2, -0.15) is 0 Å². The number of hydrogen-bond donors (Lipinski definition) is 1.